The third kappa shape index (κ3) is 12.0. The average molecular weight is 565 g/mol. The van der Waals surface area contributed by atoms with Crippen LogP contribution in [0.4, 0.5) is 0 Å². The minimum atomic E-state index is -1.46. The predicted octanol–water partition coefficient (Wildman–Crippen LogP) is -2.22. The molecule has 1 rings (SSSR count). The fraction of sp³-hybridized carbons (Fsp3) is 0.520. The van der Waals surface area contributed by atoms with Gasteiger partial charge in [-0.1, -0.05) is 32.4 Å². The lowest BCUT2D eigenvalue weighted by molar-refractivity contribution is -0.144. The highest BCUT2D eigenvalue weighted by molar-refractivity contribution is 5.96. The third-order valence-corrected chi connectivity index (χ3v) is 6.12. The number of aliphatic imine (C=N–C) groups is 1. The van der Waals surface area contributed by atoms with E-state index >= 15 is 0 Å². The molecule has 0 bridgehead atoms. The molecule has 15 nitrogen and oxygen atoms in total. The SMILES string of the molecule is CCC(C)C(NC(=O)C(CCCN=C(N)N)NC(=O)C(CC(N)=O)NC(=O)C(N)Cc1ccc(O)cc1)C(=O)O. The lowest BCUT2D eigenvalue weighted by atomic mass is 9.98. The van der Waals surface area contributed by atoms with E-state index in [0.717, 1.165) is 0 Å². The number of rotatable bonds is 17. The summed E-state index contributed by atoms with van der Waals surface area (Å²) in [4.78, 5) is 66.1. The molecule has 13 N–H and O–H groups in total. The molecule has 15 heteroatoms. The van der Waals surface area contributed by atoms with Crippen LogP contribution in [0.15, 0.2) is 29.3 Å². The molecular weight excluding hydrogens is 524 g/mol. The lowest BCUT2D eigenvalue weighted by Crippen LogP contribution is -2.58. The summed E-state index contributed by atoms with van der Waals surface area (Å²) in [5.74, 6) is -5.11. The molecule has 0 aliphatic carbocycles. The second-order valence-electron chi connectivity index (χ2n) is 9.43. The number of carbonyl (C=O) groups is 5. The van der Waals surface area contributed by atoms with E-state index in [4.69, 9.17) is 22.9 Å². The Kier molecular flexibility index (Phi) is 13.9. The number of phenolic OH excluding ortho intramolecular Hbond substituents is 1. The molecule has 0 fully saturated rings. The molecular formula is C25H40N8O7. The standard InChI is InChI=1S/C25H40N8O7/c1-3-13(2)20(24(39)40)33-22(37)17(5-4-10-30-25(28)29)31-23(38)18(12-19(27)35)32-21(36)16(26)11-14-6-8-15(34)9-7-14/h6-9,13,16-18,20,34H,3-5,10-12,26H2,1-2H3,(H2,27,35)(H,31,38)(H,32,36)(H,33,37)(H,39,40)(H4,28,29,30). The maximum absolute atomic E-state index is 13.1. The summed E-state index contributed by atoms with van der Waals surface area (Å²) < 4.78 is 0. The van der Waals surface area contributed by atoms with Crippen LogP contribution in [0.3, 0.4) is 0 Å². The van der Waals surface area contributed by atoms with Gasteiger partial charge in [-0.05, 0) is 42.9 Å². The van der Waals surface area contributed by atoms with Crippen molar-refractivity contribution < 1.29 is 34.2 Å². The third-order valence-electron chi connectivity index (χ3n) is 6.12. The van der Waals surface area contributed by atoms with Gasteiger partial charge in [-0.25, -0.2) is 4.79 Å². The van der Waals surface area contributed by atoms with Gasteiger partial charge in [0.1, 0.15) is 23.9 Å². The van der Waals surface area contributed by atoms with Gasteiger partial charge in [0.25, 0.3) is 0 Å². The molecule has 0 aliphatic rings. The summed E-state index contributed by atoms with van der Waals surface area (Å²) in [6.07, 6.45) is 0.200. The van der Waals surface area contributed by atoms with Crippen LogP contribution in [0.25, 0.3) is 0 Å². The summed E-state index contributed by atoms with van der Waals surface area (Å²) in [5.41, 5.74) is 22.5. The van der Waals surface area contributed by atoms with Gasteiger partial charge in [-0.3, -0.25) is 24.2 Å². The highest BCUT2D eigenvalue weighted by atomic mass is 16.4. The molecule has 0 saturated heterocycles. The molecule has 0 spiro atoms. The molecule has 4 amide bonds. The van der Waals surface area contributed by atoms with Crippen molar-refractivity contribution in [1.82, 2.24) is 16.0 Å². The molecule has 40 heavy (non-hydrogen) atoms. The van der Waals surface area contributed by atoms with Crippen molar-refractivity contribution >= 4 is 35.6 Å². The largest absolute Gasteiger partial charge is 0.508 e. The van der Waals surface area contributed by atoms with E-state index in [9.17, 15) is 34.2 Å². The number of phenols is 1. The van der Waals surface area contributed by atoms with Gasteiger partial charge in [0, 0.05) is 6.54 Å². The molecule has 0 aliphatic heterocycles. The monoisotopic (exact) mass is 564 g/mol. The highest BCUT2D eigenvalue weighted by Gasteiger charge is 2.32. The number of hydrogen-bond donors (Lipinski definition) is 9. The van der Waals surface area contributed by atoms with Crippen molar-refractivity contribution in [1.29, 1.82) is 0 Å². The van der Waals surface area contributed by atoms with E-state index in [1.165, 1.54) is 12.1 Å². The van der Waals surface area contributed by atoms with Gasteiger partial charge < -0.3 is 49.1 Å². The fourth-order valence-corrected chi connectivity index (χ4v) is 3.65. The zero-order chi connectivity index (χ0) is 30.4. The van der Waals surface area contributed by atoms with Gasteiger partial charge in [0.2, 0.25) is 23.6 Å². The Hall–Kier alpha value is -4.40. The van der Waals surface area contributed by atoms with Crippen LogP contribution in [-0.4, -0.2) is 76.5 Å². The zero-order valence-corrected chi connectivity index (χ0v) is 22.6. The van der Waals surface area contributed by atoms with Crippen LogP contribution in [0.1, 0.15) is 45.1 Å². The average Bonchev–Trinajstić information content (AvgIpc) is 2.88. The van der Waals surface area contributed by atoms with Crippen LogP contribution < -0.4 is 38.9 Å². The molecule has 222 valence electrons. The molecule has 0 radical (unpaired) electrons. The minimum absolute atomic E-state index is 0.0127. The number of hydrogen-bond acceptors (Lipinski definition) is 8. The lowest BCUT2D eigenvalue weighted by Gasteiger charge is -2.26. The Labute approximate surface area is 232 Å². The molecule has 0 heterocycles. The Bertz CT molecular complexity index is 1060. The predicted molar refractivity (Wildman–Crippen MR) is 146 cm³/mol. The topological polar surface area (TPSA) is 278 Å². The number of amides is 4. The molecule has 0 aromatic heterocycles. The molecule has 1 aromatic rings. The van der Waals surface area contributed by atoms with Crippen LogP contribution in [-0.2, 0) is 30.4 Å². The van der Waals surface area contributed by atoms with Gasteiger partial charge >= 0.3 is 5.97 Å². The Morgan fingerprint density at radius 1 is 0.925 bits per heavy atom. The molecule has 0 saturated carbocycles. The smallest absolute Gasteiger partial charge is 0.326 e. The summed E-state index contributed by atoms with van der Waals surface area (Å²) in [5, 5.41) is 26.2. The van der Waals surface area contributed by atoms with Crippen molar-refractivity contribution in [3.05, 3.63) is 29.8 Å². The first kappa shape index (κ1) is 33.6. The molecule has 1 aromatic carbocycles. The van der Waals surface area contributed by atoms with E-state index in [-0.39, 0.29) is 37.5 Å². The molecule has 5 atom stereocenters. The van der Waals surface area contributed by atoms with Crippen molar-refractivity contribution in [3.63, 3.8) is 0 Å². The van der Waals surface area contributed by atoms with Crippen LogP contribution in [0, 0.1) is 5.92 Å². The second kappa shape index (κ2) is 16.5. The fourth-order valence-electron chi connectivity index (χ4n) is 3.65. The van der Waals surface area contributed by atoms with Crippen molar-refractivity contribution in [3.8, 4) is 5.75 Å². The first-order valence-corrected chi connectivity index (χ1v) is 12.8. The Morgan fingerprint density at radius 3 is 2.02 bits per heavy atom. The van der Waals surface area contributed by atoms with E-state index in [1.54, 1.807) is 26.0 Å². The summed E-state index contributed by atoms with van der Waals surface area (Å²) >= 11 is 0. The highest BCUT2D eigenvalue weighted by Crippen LogP contribution is 2.12. The number of guanidine groups is 1. The first-order valence-electron chi connectivity index (χ1n) is 12.8. The Morgan fingerprint density at radius 2 is 1.50 bits per heavy atom. The number of aromatic hydroxyl groups is 1. The molecule has 5 unspecified atom stereocenters. The van der Waals surface area contributed by atoms with Gasteiger partial charge in [0.15, 0.2) is 5.96 Å². The number of carboxylic acid groups (broad SMARTS) is 1. The summed E-state index contributed by atoms with van der Waals surface area (Å²) in [6.45, 7) is 3.55. The number of nitrogens with two attached hydrogens (primary N) is 4. The van der Waals surface area contributed by atoms with E-state index in [2.05, 4.69) is 20.9 Å². The van der Waals surface area contributed by atoms with Crippen molar-refractivity contribution in [2.45, 2.75) is 70.1 Å². The maximum atomic E-state index is 13.1. The van der Waals surface area contributed by atoms with Crippen LogP contribution >= 0.6 is 0 Å². The number of carboxylic acids is 1. The quantitative estimate of drug-likeness (QED) is 0.0558. The Balaban J connectivity index is 3.05. The minimum Gasteiger partial charge on any atom is -0.508 e. The van der Waals surface area contributed by atoms with Gasteiger partial charge in [-0.15, -0.1) is 0 Å². The number of carbonyl (C=O) groups excluding carboxylic acids is 4. The number of benzene rings is 1. The normalized spacial score (nSPS) is 14.5. The number of nitrogens with one attached hydrogen (secondary N) is 3. The van der Waals surface area contributed by atoms with Crippen molar-refractivity contribution in [2.75, 3.05) is 6.54 Å². The van der Waals surface area contributed by atoms with Crippen LogP contribution in [0.5, 0.6) is 5.75 Å². The van der Waals surface area contributed by atoms with E-state index in [0.29, 0.717) is 12.0 Å². The van der Waals surface area contributed by atoms with E-state index in [1.807, 2.05) is 0 Å². The number of nitrogens with zero attached hydrogens (tertiary/aromatic N) is 1. The second-order valence-corrected chi connectivity index (χ2v) is 9.43. The number of primary amides is 1. The van der Waals surface area contributed by atoms with Crippen LogP contribution in [0.2, 0.25) is 0 Å². The zero-order valence-electron chi connectivity index (χ0n) is 22.6. The van der Waals surface area contributed by atoms with E-state index < -0.39 is 66.1 Å². The van der Waals surface area contributed by atoms with Gasteiger partial charge in [0.05, 0.1) is 12.5 Å². The first-order chi connectivity index (χ1) is 18.7. The maximum Gasteiger partial charge on any atom is 0.326 e. The summed E-state index contributed by atoms with van der Waals surface area (Å²) in [6, 6.07) is 0.970. The number of aliphatic carboxylic acids is 1. The van der Waals surface area contributed by atoms with Crippen molar-refractivity contribution in [2.24, 2.45) is 33.8 Å². The summed E-state index contributed by atoms with van der Waals surface area (Å²) in [7, 11) is 0. The van der Waals surface area contributed by atoms with Gasteiger partial charge in [-0.2, -0.15) is 0 Å².